The zero-order valence-corrected chi connectivity index (χ0v) is 73.5. The molecule has 0 amide bonds. The molecule has 610 valence electrons. The SMILES string of the molecule is CC(C)(C)C(=O)SCCO.CC(C)N(C(C)C)P(Cl)Cl.CC(C)N(C(C)C)P(OCCSC(=O)C(C)(C)C)OCCSC(=O)C(C)(C)C.[2H]c1cn([C@@H]2O[C@H](C([2H])([2H])OP(=O)(OCCSC(=O)C(C)(C)C)OCCSC(=O)C(C)(C)C)[C@@H](O)[C@@]2(C)O)c(=O)[nH]c1=O.[2H]c1cn([C@@H]2O[C@H](C([2H])[2H])[C@@H](O)[C@@]2(C)O)c(=O)[nH]c1=O. The van der Waals surface area contributed by atoms with E-state index >= 15 is 0 Å². The van der Waals surface area contributed by atoms with Gasteiger partial charge < -0.3 is 44.1 Å². The van der Waals surface area contributed by atoms with Crippen molar-refractivity contribution in [1.29, 1.82) is 0 Å². The molecule has 0 aliphatic carbocycles. The van der Waals surface area contributed by atoms with Crippen molar-refractivity contribution >= 4 is 130 Å². The van der Waals surface area contributed by atoms with Crippen LogP contribution in [0.1, 0.15) is 201 Å². The summed E-state index contributed by atoms with van der Waals surface area (Å²) in [5, 5.41) is 50.4. The van der Waals surface area contributed by atoms with Gasteiger partial charge in [0.1, 0.15) is 29.5 Å². The Morgan fingerprint density at radius 3 is 1.18 bits per heavy atom. The van der Waals surface area contributed by atoms with E-state index in [0.29, 0.717) is 47.1 Å². The average molecular weight is 1690 g/mol. The molecule has 2 aliphatic rings. The molecule has 2 fully saturated rings. The van der Waals surface area contributed by atoms with Crippen LogP contribution in [0, 0.1) is 27.1 Å². The largest absolute Gasteiger partial charge is 0.474 e. The number of aromatic nitrogens is 4. The van der Waals surface area contributed by atoms with Crippen molar-refractivity contribution in [3.8, 4) is 0 Å². The highest BCUT2D eigenvalue weighted by Gasteiger charge is 2.55. The predicted octanol–water partition coefficient (Wildman–Crippen LogP) is 12.0. The molecule has 2 saturated heterocycles. The van der Waals surface area contributed by atoms with Crippen molar-refractivity contribution in [2.24, 2.45) is 27.1 Å². The van der Waals surface area contributed by atoms with Gasteiger partial charge in [0.25, 0.3) is 19.6 Å². The molecule has 2 aromatic heterocycles. The number of carbonyl (C=O) groups is 5. The van der Waals surface area contributed by atoms with Crippen LogP contribution in [0.15, 0.2) is 43.7 Å². The average Bonchev–Trinajstić information content (AvgIpc) is 1.47. The fourth-order valence-corrected chi connectivity index (χ4v) is 17.9. The summed E-state index contributed by atoms with van der Waals surface area (Å²) in [5.41, 5.74) is -10.5. The standard InChI is InChI=1S/C24H39N2O11PS2.C20H40NO4PS2.C10H14N2O5.C7H14O2S.C6H14Cl2NP/c1-22(2,3)19(29)39-12-10-34-38(33,35-11-13-40-20(30)23(4,5)6)36-14-15-17(28)24(7,32)18(37-15)26-9-8-16(27)25-21(26)31;1-15(2)21(16(3)4)26(24-11-13-27-17(22)19(5,6)7)25-12-14-28-18(23)20(8,9)10;1-5-7(14)10(2,16)8(17-5)12-4-3-6(13)11-9(12)15;1-7(2,3)6(9)10-5-4-8;1-5(2)9(6(3)4)10(7)8/h8-9,15,17-18,28,32H,10-14H2,1-7H3,(H,25,27,31);15-16H,11-14H2,1-10H3;3-5,7-8,14,16H,1-2H3,(H,11,13,15);8H,4-5H2,1-3H3;5-6H,1-4H3/t15-,17-,18-,24-;;5-,7-,8-,10-;;/m1.1../s1/i8D,14D2;;1D2,3D;;. The number of carbonyl (C=O) groups excluding carboxylic acids is 5. The number of nitrogens with one attached hydrogen (secondary N) is 2. The van der Waals surface area contributed by atoms with Gasteiger partial charge in [-0.1, -0.05) is 185 Å². The Balaban J connectivity index is 0.00000152. The monoisotopic (exact) mass is 1690 g/mol. The molecule has 28 nitrogen and oxygen atoms in total. The topological polar surface area (TPSA) is 384 Å². The van der Waals surface area contributed by atoms with Crippen LogP contribution in [0.3, 0.4) is 0 Å². The summed E-state index contributed by atoms with van der Waals surface area (Å²) in [7, 11) is -6.06. The second kappa shape index (κ2) is 46.7. The van der Waals surface area contributed by atoms with Gasteiger partial charge in [0.2, 0.25) is 0 Å². The minimum absolute atomic E-state index is 0.0109. The van der Waals surface area contributed by atoms with E-state index in [-0.39, 0.29) is 85.2 Å². The van der Waals surface area contributed by atoms with Gasteiger partial charge in [-0.25, -0.2) is 18.8 Å². The number of hydrogen-bond donors (Lipinski definition) is 7. The molecule has 2 aromatic rings. The molecule has 0 saturated carbocycles. The lowest BCUT2D eigenvalue weighted by Gasteiger charge is -2.35. The van der Waals surface area contributed by atoms with Crippen molar-refractivity contribution in [3.05, 3.63) is 66.2 Å². The number of H-pyrrole nitrogens is 2. The molecule has 4 heterocycles. The van der Waals surface area contributed by atoms with Crippen LogP contribution in [0.5, 0.6) is 0 Å². The number of aliphatic hydroxyl groups is 5. The summed E-state index contributed by atoms with van der Waals surface area (Å²) in [6.45, 7) is 41.1. The second-order valence-electron chi connectivity index (χ2n) is 30.3. The van der Waals surface area contributed by atoms with Gasteiger partial charge in [0, 0.05) is 107 Å². The summed E-state index contributed by atoms with van der Waals surface area (Å²) in [5.74, 6) is 1.75. The van der Waals surface area contributed by atoms with Gasteiger partial charge in [0.15, 0.2) is 44.8 Å². The molecule has 4 rings (SSSR count). The third-order valence-corrected chi connectivity index (χ3v) is 25.8. The minimum atomic E-state index is -4.82. The van der Waals surface area contributed by atoms with Gasteiger partial charge in [-0.05, 0) is 76.1 Å². The fraction of sp³-hybridized carbons (Fsp3) is 0.806. The number of nitrogens with zero attached hydrogens (tertiary/aromatic N) is 4. The minimum Gasteiger partial charge on any atom is -0.396 e. The summed E-state index contributed by atoms with van der Waals surface area (Å²) >= 11 is 17.2. The summed E-state index contributed by atoms with van der Waals surface area (Å²) in [4.78, 5) is 110. The second-order valence-corrected chi connectivity index (χ2v) is 42.0. The van der Waals surface area contributed by atoms with E-state index in [4.69, 9.17) is 67.9 Å². The zero-order chi connectivity index (χ0) is 87.1. The predicted molar refractivity (Wildman–Crippen MR) is 428 cm³/mol. The van der Waals surface area contributed by atoms with Gasteiger partial charge in [0.05, 0.1) is 51.2 Å². The number of rotatable bonds is 29. The van der Waals surface area contributed by atoms with Crippen LogP contribution >= 0.6 is 104 Å². The highest BCUT2D eigenvalue weighted by molar-refractivity contribution is 8.14. The van der Waals surface area contributed by atoms with Crippen molar-refractivity contribution in [2.45, 2.75) is 252 Å². The summed E-state index contributed by atoms with van der Waals surface area (Å²) < 4.78 is 104. The van der Waals surface area contributed by atoms with E-state index in [1.165, 1.54) is 42.2 Å². The third-order valence-electron chi connectivity index (χ3n) is 13.8. The molecule has 0 spiro atoms. The number of aliphatic hydroxyl groups excluding tert-OH is 3. The van der Waals surface area contributed by atoms with Crippen molar-refractivity contribution in [1.82, 2.24) is 28.4 Å². The molecule has 0 radical (unpaired) electrons. The Hall–Kier alpha value is -1.43. The number of ether oxygens (including phenoxy) is 2. The Kier molecular flexibility index (Phi) is 41.1. The molecule has 0 unspecified atom stereocenters. The number of phosphoric ester groups is 1. The molecule has 2 aliphatic heterocycles. The number of thioether (sulfide) groups is 5. The van der Waals surface area contributed by atoms with E-state index in [2.05, 4.69) is 64.7 Å². The molecule has 7 N–H and O–H groups in total. The van der Waals surface area contributed by atoms with E-state index in [9.17, 15) is 68.1 Å². The molecule has 0 aromatic carbocycles. The van der Waals surface area contributed by atoms with Gasteiger partial charge in [-0.2, -0.15) is 0 Å². The highest BCUT2D eigenvalue weighted by Crippen LogP contribution is 2.53. The number of halogens is 2. The first kappa shape index (κ1) is 92.4. The first-order chi connectivity index (χ1) is 50.2. The van der Waals surface area contributed by atoms with Crippen LogP contribution in [0.2, 0.25) is 0 Å². The lowest BCUT2D eigenvalue weighted by molar-refractivity contribution is -0.118. The molecular formula is C67H121Cl2N6O22P3S5. The van der Waals surface area contributed by atoms with E-state index < -0.39 is 130 Å². The third kappa shape index (κ3) is 37.4. The highest BCUT2D eigenvalue weighted by atomic mass is 35.9. The fourth-order valence-electron chi connectivity index (χ4n) is 8.13. The maximum Gasteiger partial charge on any atom is 0.474 e. The lowest BCUT2D eigenvalue weighted by atomic mass is 9.96. The van der Waals surface area contributed by atoms with Crippen LogP contribution in [0.4, 0.5) is 0 Å². The quantitative estimate of drug-likeness (QED) is 0.0294. The molecule has 105 heavy (non-hydrogen) atoms. The van der Waals surface area contributed by atoms with Crippen molar-refractivity contribution in [3.63, 3.8) is 0 Å². The maximum atomic E-state index is 13.6. The normalized spacial score (nSPS) is 22.0. The van der Waals surface area contributed by atoms with Crippen molar-refractivity contribution in [2.75, 3.05) is 68.4 Å². The molecule has 0 bridgehead atoms. The van der Waals surface area contributed by atoms with E-state index in [0.717, 1.165) is 47.4 Å². The number of aromatic amines is 2. The van der Waals surface area contributed by atoms with E-state index in [1.807, 2.05) is 72.3 Å². The Labute approximate surface area is 662 Å². The number of phosphoric acid groups is 1. The summed E-state index contributed by atoms with van der Waals surface area (Å²) in [6.07, 6.45) is -8.64. The van der Waals surface area contributed by atoms with Crippen LogP contribution in [0.25, 0.3) is 0 Å². The van der Waals surface area contributed by atoms with Gasteiger partial charge in [-0.3, -0.25) is 70.9 Å². The number of hydrogen-bond acceptors (Lipinski definition) is 29. The Bertz CT molecular complexity index is 3480. The Morgan fingerprint density at radius 2 is 0.895 bits per heavy atom. The van der Waals surface area contributed by atoms with Gasteiger partial charge >= 0.3 is 19.2 Å². The van der Waals surface area contributed by atoms with Crippen LogP contribution in [-0.2, 0) is 60.6 Å². The Morgan fingerprint density at radius 1 is 0.581 bits per heavy atom. The molecule has 38 heteroatoms. The first-order valence-electron chi connectivity index (χ1n) is 36.8. The van der Waals surface area contributed by atoms with Crippen molar-refractivity contribution < 1.29 is 94.4 Å². The summed E-state index contributed by atoms with van der Waals surface area (Å²) in [6, 6.07) is 0.225. The first-order valence-corrected chi connectivity index (χ1v) is 44.2. The van der Waals surface area contributed by atoms with Crippen LogP contribution in [-0.4, -0.2) is 208 Å². The smallest absolute Gasteiger partial charge is 0.396 e. The van der Waals surface area contributed by atoms with E-state index in [1.54, 1.807) is 41.5 Å². The lowest BCUT2D eigenvalue weighted by Crippen LogP contribution is -2.46. The maximum absolute atomic E-state index is 13.6. The van der Waals surface area contributed by atoms with Crippen LogP contribution < -0.4 is 22.5 Å². The van der Waals surface area contributed by atoms with Gasteiger partial charge in [-0.15, -0.1) is 0 Å². The zero-order valence-electron chi connectivity index (χ0n) is 71.2. The molecular weight excluding hydrogens is 1560 g/mol. The molecule has 8 atom stereocenters.